The molecular formula is C22H17Cl2N3O. The molecule has 140 valence electrons. The fourth-order valence-corrected chi connectivity index (χ4v) is 3.54. The van der Waals surface area contributed by atoms with Crippen LogP contribution in [0.3, 0.4) is 0 Å². The Labute approximate surface area is 173 Å². The van der Waals surface area contributed by atoms with Crippen LogP contribution in [0, 0.1) is 25.2 Å². The van der Waals surface area contributed by atoms with Crippen LogP contribution in [-0.2, 0) is 4.79 Å². The predicted octanol–water partition coefficient (Wildman–Crippen LogP) is 5.95. The molecule has 6 heteroatoms. The van der Waals surface area contributed by atoms with Gasteiger partial charge in [-0.15, -0.1) is 0 Å². The lowest BCUT2D eigenvalue weighted by molar-refractivity contribution is -0.112. The van der Waals surface area contributed by atoms with Gasteiger partial charge in [0.2, 0.25) is 0 Å². The SMILES string of the molecule is Cc1cc(/C=C(\C#N)C(=O)Nc2ccccc2)c(C)n1-c1cc(Cl)cc(Cl)c1. The van der Waals surface area contributed by atoms with Crippen LogP contribution in [0.2, 0.25) is 10.0 Å². The van der Waals surface area contributed by atoms with E-state index in [2.05, 4.69) is 5.32 Å². The van der Waals surface area contributed by atoms with Crippen molar-refractivity contribution in [3.05, 3.63) is 87.2 Å². The van der Waals surface area contributed by atoms with Crippen molar-refractivity contribution in [3.63, 3.8) is 0 Å². The normalized spacial score (nSPS) is 11.2. The highest BCUT2D eigenvalue weighted by atomic mass is 35.5. The zero-order valence-electron chi connectivity index (χ0n) is 15.3. The topological polar surface area (TPSA) is 57.8 Å². The summed E-state index contributed by atoms with van der Waals surface area (Å²) in [5.74, 6) is -0.454. The number of nitrogens with one attached hydrogen (secondary N) is 1. The Bertz CT molecular complexity index is 1090. The number of hydrogen-bond donors (Lipinski definition) is 1. The zero-order chi connectivity index (χ0) is 20.3. The monoisotopic (exact) mass is 409 g/mol. The first-order valence-electron chi connectivity index (χ1n) is 8.52. The van der Waals surface area contributed by atoms with Crippen molar-refractivity contribution in [2.45, 2.75) is 13.8 Å². The smallest absolute Gasteiger partial charge is 0.266 e. The number of nitriles is 1. The van der Waals surface area contributed by atoms with Crippen LogP contribution >= 0.6 is 23.2 Å². The first-order chi connectivity index (χ1) is 13.4. The first kappa shape index (κ1) is 19.8. The van der Waals surface area contributed by atoms with Crippen LogP contribution in [0.5, 0.6) is 0 Å². The zero-order valence-corrected chi connectivity index (χ0v) is 16.8. The Kier molecular flexibility index (Phi) is 5.89. The lowest BCUT2D eigenvalue weighted by Crippen LogP contribution is -2.13. The molecule has 0 fully saturated rings. The number of benzene rings is 2. The van der Waals surface area contributed by atoms with Gasteiger partial charge in [-0.3, -0.25) is 4.79 Å². The number of hydrogen-bond acceptors (Lipinski definition) is 2. The summed E-state index contributed by atoms with van der Waals surface area (Å²) in [6, 6.07) is 18.2. The van der Waals surface area contributed by atoms with Crippen molar-refractivity contribution in [2.24, 2.45) is 0 Å². The van der Waals surface area contributed by atoms with E-state index in [-0.39, 0.29) is 5.57 Å². The second-order valence-electron chi connectivity index (χ2n) is 6.28. The predicted molar refractivity (Wildman–Crippen MR) is 114 cm³/mol. The third-order valence-corrected chi connectivity index (χ3v) is 4.71. The average Bonchev–Trinajstić information content (AvgIpc) is 2.92. The molecule has 1 N–H and O–H groups in total. The number of anilines is 1. The van der Waals surface area contributed by atoms with E-state index in [1.807, 2.05) is 60.9 Å². The largest absolute Gasteiger partial charge is 0.321 e. The minimum absolute atomic E-state index is 0.0215. The van der Waals surface area contributed by atoms with Gasteiger partial charge in [-0.05, 0) is 61.9 Å². The van der Waals surface area contributed by atoms with Gasteiger partial charge in [0.15, 0.2) is 0 Å². The second kappa shape index (κ2) is 8.35. The van der Waals surface area contributed by atoms with Gasteiger partial charge in [0, 0.05) is 32.8 Å². The lowest BCUT2D eigenvalue weighted by atomic mass is 10.1. The molecule has 3 aromatic rings. The van der Waals surface area contributed by atoms with Crippen LogP contribution in [0.25, 0.3) is 11.8 Å². The van der Waals surface area contributed by atoms with E-state index >= 15 is 0 Å². The van der Waals surface area contributed by atoms with Crippen molar-refractivity contribution in [1.29, 1.82) is 5.26 Å². The highest BCUT2D eigenvalue weighted by Gasteiger charge is 2.14. The molecule has 0 radical (unpaired) electrons. The quantitative estimate of drug-likeness (QED) is 0.427. The maximum Gasteiger partial charge on any atom is 0.266 e. The van der Waals surface area contributed by atoms with Gasteiger partial charge >= 0.3 is 0 Å². The van der Waals surface area contributed by atoms with Gasteiger partial charge in [0.05, 0.1) is 0 Å². The third-order valence-electron chi connectivity index (χ3n) is 4.27. The van der Waals surface area contributed by atoms with E-state index in [0.717, 1.165) is 22.6 Å². The Morgan fingerprint density at radius 2 is 1.71 bits per heavy atom. The second-order valence-corrected chi connectivity index (χ2v) is 7.15. The van der Waals surface area contributed by atoms with E-state index in [9.17, 15) is 10.1 Å². The van der Waals surface area contributed by atoms with E-state index in [1.165, 1.54) is 0 Å². The van der Waals surface area contributed by atoms with E-state index in [4.69, 9.17) is 23.2 Å². The van der Waals surface area contributed by atoms with Crippen LogP contribution in [0.1, 0.15) is 17.0 Å². The number of amides is 1. The summed E-state index contributed by atoms with van der Waals surface area (Å²) in [6.45, 7) is 3.85. The number of rotatable bonds is 4. The Morgan fingerprint density at radius 1 is 1.07 bits per heavy atom. The molecule has 0 spiro atoms. The fraction of sp³-hybridized carbons (Fsp3) is 0.0909. The van der Waals surface area contributed by atoms with E-state index in [0.29, 0.717) is 15.7 Å². The molecule has 2 aromatic carbocycles. The molecule has 0 unspecified atom stereocenters. The molecule has 0 bridgehead atoms. The molecule has 0 aliphatic rings. The van der Waals surface area contributed by atoms with E-state index < -0.39 is 5.91 Å². The summed E-state index contributed by atoms with van der Waals surface area (Å²) in [5.41, 5.74) is 4.05. The van der Waals surface area contributed by atoms with Crippen molar-refractivity contribution >= 4 is 40.9 Å². The van der Waals surface area contributed by atoms with Crippen LogP contribution in [0.4, 0.5) is 5.69 Å². The first-order valence-corrected chi connectivity index (χ1v) is 9.28. The molecule has 1 amide bonds. The summed E-state index contributed by atoms with van der Waals surface area (Å²) >= 11 is 12.3. The number of aryl methyl sites for hydroxylation is 1. The summed E-state index contributed by atoms with van der Waals surface area (Å²) in [7, 11) is 0. The third kappa shape index (κ3) is 4.28. The number of para-hydroxylation sites is 1. The number of carbonyl (C=O) groups is 1. The molecule has 4 nitrogen and oxygen atoms in total. The molecule has 0 aliphatic carbocycles. The summed E-state index contributed by atoms with van der Waals surface area (Å²) < 4.78 is 1.98. The number of carbonyl (C=O) groups excluding carboxylic acids is 1. The highest BCUT2D eigenvalue weighted by molar-refractivity contribution is 6.34. The van der Waals surface area contributed by atoms with Crippen LogP contribution in [0.15, 0.2) is 60.2 Å². The molecule has 0 aliphatic heterocycles. The van der Waals surface area contributed by atoms with Gasteiger partial charge in [-0.25, -0.2) is 0 Å². The highest BCUT2D eigenvalue weighted by Crippen LogP contribution is 2.27. The van der Waals surface area contributed by atoms with Gasteiger partial charge < -0.3 is 9.88 Å². The number of halogens is 2. The molecule has 1 aromatic heterocycles. The van der Waals surface area contributed by atoms with Gasteiger partial charge in [-0.2, -0.15) is 5.26 Å². The van der Waals surface area contributed by atoms with Gasteiger partial charge in [0.25, 0.3) is 5.91 Å². The van der Waals surface area contributed by atoms with Crippen LogP contribution in [-0.4, -0.2) is 10.5 Å². The Morgan fingerprint density at radius 3 is 2.32 bits per heavy atom. The van der Waals surface area contributed by atoms with Crippen molar-refractivity contribution in [3.8, 4) is 11.8 Å². The minimum atomic E-state index is -0.454. The minimum Gasteiger partial charge on any atom is -0.321 e. The van der Waals surface area contributed by atoms with Crippen molar-refractivity contribution in [1.82, 2.24) is 4.57 Å². The Balaban J connectivity index is 1.97. The lowest BCUT2D eigenvalue weighted by Gasteiger charge is -2.11. The molecule has 3 rings (SSSR count). The molecule has 0 saturated carbocycles. The summed E-state index contributed by atoms with van der Waals surface area (Å²) in [4.78, 5) is 12.5. The summed E-state index contributed by atoms with van der Waals surface area (Å²) in [6.07, 6.45) is 1.59. The summed E-state index contributed by atoms with van der Waals surface area (Å²) in [5, 5.41) is 13.3. The molecule has 1 heterocycles. The van der Waals surface area contributed by atoms with Crippen LogP contribution < -0.4 is 5.32 Å². The molecule has 28 heavy (non-hydrogen) atoms. The maximum absolute atomic E-state index is 12.5. The number of nitrogens with zero attached hydrogens (tertiary/aromatic N) is 2. The maximum atomic E-state index is 12.5. The Hall–Kier alpha value is -3.00. The molecule has 0 saturated heterocycles. The van der Waals surface area contributed by atoms with Crippen molar-refractivity contribution < 1.29 is 4.79 Å². The number of aromatic nitrogens is 1. The average molecular weight is 410 g/mol. The molecule has 0 atom stereocenters. The van der Waals surface area contributed by atoms with Crippen molar-refractivity contribution in [2.75, 3.05) is 5.32 Å². The van der Waals surface area contributed by atoms with Gasteiger partial charge in [-0.1, -0.05) is 41.4 Å². The standard InChI is InChI=1S/C22H17Cl2N3O/c1-14-8-16(15(2)27(14)21-11-18(23)10-19(24)12-21)9-17(13-25)22(28)26-20-6-4-3-5-7-20/h3-12H,1-2H3,(H,26,28)/b17-9+. The fourth-order valence-electron chi connectivity index (χ4n) is 3.02. The van der Waals surface area contributed by atoms with Gasteiger partial charge in [0.1, 0.15) is 11.6 Å². The van der Waals surface area contributed by atoms with E-state index in [1.54, 1.807) is 24.3 Å². The molecular weight excluding hydrogens is 393 g/mol.